The molecule has 5 nitrogen and oxygen atoms in total. The summed E-state index contributed by atoms with van der Waals surface area (Å²) in [6.07, 6.45) is 1.70. The second-order valence-electron chi connectivity index (χ2n) is 6.50. The summed E-state index contributed by atoms with van der Waals surface area (Å²) in [5.41, 5.74) is 2.73. The number of para-hydroxylation sites is 1. The highest BCUT2D eigenvalue weighted by atomic mass is 32.1. The third kappa shape index (κ3) is 3.62. The Balaban J connectivity index is 1.62. The van der Waals surface area contributed by atoms with Gasteiger partial charge in [-0.25, -0.2) is 14.1 Å². The molecular formula is C23H16FN3O2S. The first-order valence-corrected chi connectivity index (χ1v) is 10.2. The first-order valence-electron chi connectivity index (χ1n) is 9.27. The van der Waals surface area contributed by atoms with Gasteiger partial charge < -0.3 is 9.47 Å². The molecule has 2 heterocycles. The molecule has 148 valence electrons. The average Bonchev–Trinajstić information content (AvgIpc) is 3.40. The molecule has 1 aliphatic rings. The molecule has 0 spiro atoms. The van der Waals surface area contributed by atoms with Gasteiger partial charge in [0, 0.05) is 10.9 Å². The van der Waals surface area contributed by atoms with Crippen LogP contribution in [0.15, 0.2) is 88.3 Å². The molecule has 0 N–H and O–H groups in total. The molecule has 0 radical (unpaired) electrons. The molecule has 7 heteroatoms. The zero-order valence-electron chi connectivity index (χ0n) is 15.7. The van der Waals surface area contributed by atoms with E-state index in [9.17, 15) is 4.39 Å². The van der Waals surface area contributed by atoms with Gasteiger partial charge in [0.15, 0.2) is 11.5 Å². The van der Waals surface area contributed by atoms with Gasteiger partial charge in [-0.15, -0.1) is 11.3 Å². The Morgan fingerprint density at radius 2 is 1.73 bits per heavy atom. The highest BCUT2D eigenvalue weighted by Gasteiger charge is 2.14. The highest BCUT2D eigenvalue weighted by molar-refractivity contribution is 7.07. The van der Waals surface area contributed by atoms with Gasteiger partial charge in [-0.05, 0) is 48.0 Å². The Kier molecular flexibility index (Phi) is 4.86. The molecule has 4 aromatic rings. The minimum absolute atomic E-state index is 0.215. The fourth-order valence-electron chi connectivity index (χ4n) is 3.07. The van der Waals surface area contributed by atoms with Crippen LogP contribution in [-0.2, 0) is 0 Å². The van der Waals surface area contributed by atoms with Crippen molar-refractivity contribution in [3.63, 3.8) is 0 Å². The third-order valence-electron chi connectivity index (χ3n) is 4.53. The zero-order valence-corrected chi connectivity index (χ0v) is 16.6. The van der Waals surface area contributed by atoms with Gasteiger partial charge in [-0.1, -0.05) is 30.3 Å². The fraction of sp³-hybridized carbons (Fsp3) is 0.0435. The number of rotatable bonds is 4. The van der Waals surface area contributed by atoms with Gasteiger partial charge in [-0.2, -0.15) is 5.10 Å². The zero-order chi connectivity index (χ0) is 20.3. The van der Waals surface area contributed by atoms with E-state index in [4.69, 9.17) is 9.47 Å². The van der Waals surface area contributed by atoms with Crippen LogP contribution in [0.1, 0.15) is 5.56 Å². The maximum absolute atomic E-state index is 14.5. The van der Waals surface area contributed by atoms with Crippen molar-refractivity contribution in [3.05, 3.63) is 94.4 Å². The summed E-state index contributed by atoms with van der Waals surface area (Å²) < 4.78 is 26.9. The Morgan fingerprint density at radius 1 is 0.933 bits per heavy atom. The van der Waals surface area contributed by atoms with Crippen LogP contribution in [0, 0.1) is 5.82 Å². The van der Waals surface area contributed by atoms with Crippen molar-refractivity contribution in [2.75, 3.05) is 6.79 Å². The monoisotopic (exact) mass is 417 g/mol. The van der Waals surface area contributed by atoms with E-state index in [-0.39, 0.29) is 12.6 Å². The number of fused-ring (bicyclic) bond motifs is 1. The summed E-state index contributed by atoms with van der Waals surface area (Å²) in [4.78, 5) is 5.32. The molecule has 5 rings (SSSR count). The van der Waals surface area contributed by atoms with Gasteiger partial charge in [0.2, 0.25) is 11.6 Å². The highest BCUT2D eigenvalue weighted by Crippen LogP contribution is 2.32. The summed E-state index contributed by atoms with van der Waals surface area (Å²) in [6.45, 7) is 0.215. The maximum Gasteiger partial charge on any atom is 0.231 e. The van der Waals surface area contributed by atoms with Gasteiger partial charge in [0.05, 0.1) is 17.6 Å². The minimum Gasteiger partial charge on any atom is -0.454 e. The fourth-order valence-corrected chi connectivity index (χ4v) is 3.92. The Bertz CT molecular complexity index is 1300. The van der Waals surface area contributed by atoms with Crippen LogP contribution in [0.3, 0.4) is 0 Å². The summed E-state index contributed by atoms with van der Waals surface area (Å²) in [7, 11) is 0. The number of halogens is 1. The number of hydrogen-bond donors (Lipinski definition) is 0. The number of aromatic nitrogens is 1. The molecule has 30 heavy (non-hydrogen) atoms. The van der Waals surface area contributed by atoms with Crippen molar-refractivity contribution < 1.29 is 13.9 Å². The molecule has 0 aliphatic carbocycles. The first-order chi connectivity index (χ1) is 14.8. The second-order valence-corrected chi connectivity index (χ2v) is 7.34. The molecule has 0 atom stereocenters. The number of thiazole rings is 1. The van der Waals surface area contributed by atoms with Crippen molar-refractivity contribution in [2.24, 2.45) is 10.1 Å². The molecule has 0 bridgehead atoms. The third-order valence-corrected chi connectivity index (χ3v) is 5.35. The normalized spacial score (nSPS) is 13.3. The van der Waals surface area contributed by atoms with E-state index >= 15 is 0 Å². The lowest BCUT2D eigenvalue weighted by Crippen LogP contribution is -2.11. The van der Waals surface area contributed by atoms with Gasteiger partial charge in [0.25, 0.3) is 0 Å². The van der Waals surface area contributed by atoms with Gasteiger partial charge in [0.1, 0.15) is 5.82 Å². The van der Waals surface area contributed by atoms with Crippen LogP contribution in [0.2, 0.25) is 0 Å². The van der Waals surface area contributed by atoms with Crippen LogP contribution in [0.5, 0.6) is 11.5 Å². The predicted octanol–water partition coefficient (Wildman–Crippen LogP) is 5.20. The number of nitrogens with zero attached hydrogens (tertiary/aromatic N) is 3. The Labute approximate surface area is 176 Å². The quantitative estimate of drug-likeness (QED) is 0.429. The lowest BCUT2D eigenvalue weighted by atomic mass is 10.1. The molecular weight excluding hydrogens is 401 g/mol. The molecule has 1 aromatic heterocycles. The topological polar surface area (TPSA) is 48.1 Å². The largest absolute Gasteiger partial charge is 0.454 e. The van der Waals surface area contributed by atoms with E-state index in [1.807, 2.05) is 53.9 Å². The Morgan fingerprint density at radius 3 is 2.60 bits per heavy atom. The van der Waals surface area contributed by atoms with E-state index in [1.54, 1.807) is 29.1 Å². The van der Waals surface area contributed by atoms with E-state index in [0.717, 1.165) is 11.3 Å². The summed E-state index contributed by atoms with van der Waals surface area (Å²) in [6, 6.07) is 21.8. The summed E-state index contributed by atoms with van der Waals surface area (Å²) >= 11 is 1.40. The van der Waals surface area contributed by atoms with Gasteiger partial charge in [-0.3, -0.25) is 0 Å². The Hall–Kier alpha value is -3.71. The maximum atomic E-state index is 14.5. The van der Waals surface area contributed by atoms with E-state index < -0.39 is 0 Å². The SMILES string of the molecule is Fc1ccccc1-c1csc(=Nc2ccccc2)n1N=Cc1ccc2c(c1)OCO2. The molecule has 0 fully saturated rings. The molecule has 0 saturated heterocycles. The summed E-state index contributed by atoms with van der Waals surface area (Å²) in [5.74, 6) is 1.08. The smallest absolute Gasteiger partial charge is 0.231 e. The minimum atomic E-state index is -0.311. The van der Waals surface area contributed by atoms with Crippen LogP contribution < -0.4 is 14.3 Å². The number of ether oxygens (including phenoxy) is 2. The standard InChI is InChI=1S/C23H16FN3O2S/c24-19-9-5-4-8-18(19)20-14-30-23(26-17-6-2-1-3-7-17)27(20)25-13-16-10-11-21-22(12-16)29-15-28-21/h1-14H,15H2. The number of benzene rings is 3. The van der Waals surface area contributed by atoms with E-state index in [1.165, 1.54) is 17.4 Å². The van der Waals surface area contributed by atoms with E-state index in [2.05, 4.69) is 10.1 Å². The average molecular weight is 417 g/mol. The van der Waals surface area contributed by atoms with Crippen LogP contribution >= 0.6 is 11.3 Å². The van der Waals surface area contributed by atoms with Crippen LogP contribution in [-0.4, -0.2) is 17.7 Å². The van der Waals surface area contributed by atoms with Crippen molar-refractivity contribution in [1.29, 1.82) is 0 Å². The van der Waals surface area contributed by atoms with Crippen molar-refractivity contribution >= 4 is 23.2 Å². The molecule has 1 aliphatic heterocycles. The molecule has 3 aromatic carbocycles. The van der Waals surface area contributed by atoms with E-state index in [0.29, 0.717) is 27.6 Å². The first kappa shape index (κ1) is 18.3. The predicted molar refractivity (Wildman–Crippen MR) is 115 cm³/mol. The molecule has 0 saturated carbocycles. The lowest BCUT2D eigenvalue weighted by Gasteiger charge is -2.05. The second kappa shape index (κ2) is 7.96. The lowest BCUT2D eigenvalue weighted by molar-refractivity contribution is 0.174. The van der Waals surface area contributed by atoms with Crippen molar-refractivity contribution in [3.8, 4) is 22.8 Å². The number of hydrogen-bond acceptors (Lipinski definition) is 5. The van der Waals surface area contributed by atoms with Gasteiger partial charge >= 0.3 is 0 Å². The van der Waals surface area contributed by atoms with Crippen LogP contribution in [0.25, 0.3) is 11.3 Å². The van der Waals surface area contributed by atoms with Crippen molar-refractivity contribution in [2.45, 2.75) is 0 Å². The van der Waals surface area contributed by atoms with Crippen molar-refractivity contribution in [1.82, 2.24) is 4.68 Å². The molecule has 0 unspecified atom stereocenters. The van der Waals surface area contributed by atoms with Crippen LogP contribution in [0.4, 0.5) is 10.1 Å². The molecule has 0 amide bonds. The summed E-state index contributed by atoms with van der Waals surface area (Å²) in [5, 5.41) is 6.48.